The van der Waals surface area contributed by atoms with Crippen LogP contribution in [-0.4, -0.2) is 47.2 Å². The molecular weight excluding hydrogens is 319 g/mol. The smallest absolute Gasteiger partial charge is 0.392 e. The van der Waals surface area contributed by atoms with Gasteiger partial charge in [-0.05, 0) is 19.8 Å². The van der Waals surface area contributed by atoms with Crippen molar-refractivity contribution in [3.05, 3.63) is 5.01 Å². The Morgan fingerprint density at radius 2 is 2.05 bits per heavy atom. The van der Waals surface area contributed by atoms with Crippen LogP contribution in [0.15, 0.2) is 0 Å². The number of ether oxygens (including phenoxy) is 1. The lowest BCUT2D eigenvalue weighted by Gasteiger charge is -2.56. The summed E-state index contributed by atoms with van der Waals surface area (Å²) in [6.07, 6.45) is -2.75. The van der Waals surface area contributed by atoms with Crippen molar-refractivity contribution in [1.82, 2.24) is 10.2 Å². The van der Waals surface area contributed by atoms with Gasteiger partial charge in [0.05, 0.1) is 12.2 Å². The number of rotatable bonds is 3. The molecule has 1 aromatic rings. The van der Waals surface area contributed by atoms with Crippen molar-refractivity contribution < 1.29 is 23.0 Å². The van der Waals surface area contributed by atoms with E-state index in [4.69, 9.17) is 4.74 Å². The Morgan fingerprint density at radius 1 is 1.36 bits per heavy atom. The van der Waals surface area contributed by atoms with Crippen LogP contribution in [0.5, 0.6) is 0 Å². The summed E-state index contributed by atoms with van der Waals surface area (Å²) in [5.41, 5.74) is -0.246. The molecule has 1 saturated carbocycles. The van der Waals surface area contributed by atoms with E-state index in [0.717, 1.165) is 0 Å². The maximum atomic E-state index is 12.6. The first kappa shape index (κ1) is 15.9. The van der Waals surface area contributed by atoms with Crippen molar-refractivity contribution in [2.45, 2.75) is 44.6 Å². The van der Waals surface area contributed by atoms with E-state index in [1.165, 1.54) is 0 Å². The van der Waals surface area contributed by atoms with Gasteiger partial charge < -0.3 is 14.7 Å². The lowest BCUT2D eigenvalue weighted by atomic mass is 9.58. The van der Waals surface area contributed by atoms with Gasteiger partial charge in [-0.15, -0.1) is 10.2 Å². The summed E-state index contributed by atoms with van der Waals surface area (Å²) in [6.45, 7) is 3.65. The normalized spacial score (nSPS) is 28.0. The number of piperidine rings is 1. The van der Waals surface area contributed by atoms with Crippen molar-refractivity contribution in [2.24, 2.45) is 5.41 Å². The molecule has 9 heteroatoms. The molecule has 2 fully saturated rings. The van der Waals surface area contributed by atoms with Crippen LogP contribution in [0, 0.1) is 5.41 Å². The number of nitrogens with zero attached hydrogens (tertiary/aromatic N) is 3. The maximum Gasteiger partial charge on any atom is 0.445 e. The van der Waals surface area contributed by atoms with Gasteiger partial charge in [0.25, 0.3) is 0 Å². The molecule has 3 rings (SSSR count). The topological polar surface area (TPSA) is 58.5 Å². The zero-order valence-corrected chi connectivity index (χ0v) is 13.0. The van der Waals surface area contributed by atoms with Crippen molar-refractivity contribution in [2.75, 3.05) is 24.6 Å². The summed E-state index contributed by atoms with van der Waals surface area (Å²) in [5.74, 6) is 0. The van der Waals surface area contributed by atoms with Crippen LogP contribution in [0.4, 0.5) is 18.3 Å². The lowest BCUT2D eigenvalue weighted by Crippen LogP contribution is -2.62. The molecule has 0 radical (unpaired) electrons. The summed E-state index contributed by atoms with van der Waals surface area (Å²) in [5, 5.41) is 16.4. The van der Waals surface area contributed by atoms with Crippen LogP contribution < -0.4 is 4.90 Å². The molecule has 1 spiro atoms. The van der Waals surface area contributed by atoms with E-state index in [-0.39, 0.29) is 17.6 Å². The molecule has 0 bridgehead atoms. The predicted octanol–water partition coefficient (Wildman–Crippen LogP) is 2.31. The minimum Gasteiger partial charge on any atom is -0.392 e. The third-order valence-corrected chi connectivity index (χ3v) is 5.76. The van der Waals surface area contributed by atoms with Crippen molar-refractivity contribution >= 4 is 16.5 Å². The predicted molar refractivity (Wildman–Crippen MR) is 74.8 cm³/mol. The van der Waals surface area contributed by atoms with Gasteiger partial charge in [-0.1, -0.05) is 11.3 Å². The second kappa shape index (κ2) is 5.61. The maximum absolute atomic E-state index is 12.6. The molecule has 1 aromatic heterocycles. The summed E-state index contributed by atoms with van der Waals surface area (Å²) in [7, 11) is 0. The van der Waals surface area contributed by atoms with Crippen LogP contribution in [0.1, 0.15) is 31.2 Å². The molecule has 22 heavy (non-hydrogen) atoms. The Labute approximate surface area is 130 Å². The van der Waals surface area contributed by atoms with Gasteiger partial charge in [0, 0.05) is 31.5 Å². The fraction of sp³-hybridized carbons (Fsp3) is 0.846. The van der Waals surface area contributed by atoms with Crippen molar-refractivity contribution in [3.8, 4) is 0 Å². The average Bonchev–Trinajstić information content (AvgIpc) is 2.97. The number of hydrogen-bond donors (Lipinski definition) is 1. The van der Waals surface area contributed by atoms with Gasteiger partial charge in [-0.25, -0.2) is 0 Å². The number of anilines is 1. The molecule has 124 valence electrons. The summed E-state index contributed by atoms with van der Waals surface area (Å²) in [6, 6.07) is 0. The van der Waals surface area contributed by atoms with Crippen LogP contribution in [0.2, 0.25) is 0 Å². The molecule has 5 nitrogen and oxygen atoms in total. The van der Waals surface area contributed by atoms with Crippen molar-refractivity contribution in [3.63, 3.8) is 0 Å². The molecule has 2 aliphatic rings. The third-order valence-electron chi connectivity index (χ3n) is 4.73. The summed E-state index contributed by atoms with van der Waals surface area (Å²) >= 11 is 0.569. The van der Waals surface area contributed by atoms with Crippen molar-refractivity contribution in [1.29, 1.82) is 0 Å². The fourth-order valence-corrected chi connectivity index (χ4v) is 4.15. The lowest BCUT2D eigenvalue weighted by molar-refractivity contribution is -0.199. The highest BCUT2D eigenvalue weighted by Gasteiger charge is 2.56. The Kier molecular flexibility index (Phi) is 4.07. The fourth-order valence-electron chi connectivity index (χ4n) is 3.39. The number of aliphatic hydroxyl groups excluding tert-OH is 1. The zero-order chi connectivity index (χ0) is 16.0. The molecule has 2 heterocycles. The highest BCUT2D eigenvalue weighted by Crippen LogP contribution is 2.51. The van der Waals surface area contributed by atoms with Gasteiger partial charge >= 0.3 is 6.18 Å². The number of aliphatic hydroxyl groups is 1. The quantitative estimate of drug-likeness (QED) is 0.917. The highest BCUT2D eigenvalue weighted by atomic mass is 32.1. The Hall–Kier alpha value is -0.930. The summed E-state index contributed by atoms with van der Waals surface area (Å²) < 4.78 is 43.4. The monoisotopic (exact) mass is 337 g/mol. The first-order chi connectivity index (χ1) is 10.4. The second-order valence-electron chi connectivity index (χ2n) is 5.80. The van der Waals surface area contributed by atoms with Gasteiger partial charge in [-0.3, -0.25) is 0 Å². The third kappa shape index (κ3) is 2.59. The highest BCUT2D eigenvalue weighted by molar-refractivity contribution is 7.15. The van der Waals surface area contributed by atoms with Crippen LogP contribution >= 0.6 is 11.3 Å². The van der Waals surface area contributed by atoms with Crippen LogP contribution in [0.3, 0.4) is 0 Å². The van der Waals surface area contributed by atoms with Crippen LogP contribution in [-0.2, 0) is 10.9 Å². The molecule has 0 unspecified atom stereocenters. The molecule has 1 saturated heterocycles. The van der Waals surface area contributed by atoms with E-state index >= 15 is 0 Å². The summed E-state index contributed by atoms with van der Waals surface area (Å²) in [4.78, 5) is 1.81. The van der Waals surface area contributed by atoms with Gasteiger partial charge in [0.2, 0.25) is 10.1 Å². The molecule has 1 aliphatic carbocycles. The number of alkyl halides is 3. The number of halogens is 3. The molecule has 0 aromatic carbocycles. The number of hydrogen-bond acceptors (Lipinski definition) is 6. The van der Waals surface area contributed by atoms with E-state index < -0.39 is 11.2 Å². The second-order valence-corrected chi connectivity index (χ2v) is 6.76. The van der Waals surface area contributed by atoms with E-state index in [1.807, 2.05) is 11.8 Å². The first-order valence-electron chi connectivity index (χ1n) is 7.32. The molecule has 0 amide bonds. The van der Waals surface area contributed by atoms with Gasteiger partial charge in [-0.2, -0.15) is 13.2 Å². The molecule has 1 aliphatic heterocycles. The van der Waals surface area contributed by atoms with Gasteiger partial charge in [0.15, 0.2) is 0 Å². The standard InChI is InChI=1S/C13H18F3N3O2S/c1-2-21-9-7-8(20)12(9)3-5-19(6-4-12)11-18-17-10(22-11)13(14,15)16/h8-9,20H,2-7H2,1H3/t8-,9-/m1/s1. The minimum atomic E-state index is -4.45. The van der Waals surface area contributed by atoms with Gasteiger partial charge in [0.1, 0.15) is 0 Å². The van der Waals surface area contributed by atoms with Crippen LogP contribution in [0.25, 0.3) is 0 Å². The van der Waals surface area contributed by atoms with E-state index in [2.05, 4.69) is 10.2 Å². The molecule has 2 atom stereocenters. The minimum absolute atomic E-state index is 0.0507. The average molecular weight is 337 g/mol. The first-order valence-corrected chi connectivity index (χ1v) is 8.14. The Balaban J connectivity index is 1.65. The Bertz CT molecular complexity index is 527. The van der Waals surface area contributed by atoms with E-state index in [0.29, 0.717) is 55.4 Å². The molecule has 1 N–H and O–H groups in total. The largest absolute Gasteiger partial charge is 0.445 e. The Morgan fingerprint density at radius 3 is 2.55 bits per heavy atom. The zero-order valence-electron chi connectivity index (χ0n) is 12.1. The van der Waals surface area contributed by atoms with E-state index in [9.17, 15) is 18.3 Å². The van der Waals surface area contributed by atoms with E-state index in [1.54, 1.807) is 0 Å². The number of aromatic nitrogens is 2. The SMILES string of the molecule is CCO[C@@H]1C[C@@H](O)C12CCN(c1nnc(C(F)(F)F)s1)CC2. The molecular formula is C13H18F3N3O2S.